The molecule has 0 saturated heterocycles. The van der Waals surface area contributed by atoms with Crippen molar-refractivity contribution in [3.63, 3.8) is 0 Å². The van der Waals surface area contributed by atoms with Crippen LogP contribution in [0.2, 0.25) is 0 Å². The maximum absolute atomic E-state index is 6.00. The predicted octanol–water partition coefficient (Wildman–Crippen LogP) is 2.62. The van der Waals surface area contributed by atoms with Crippen molar-refractivity contribution in [1.29, 1.82) is 0 Å². The maximum Gasteiger partial charge on any atom is 0.151 e. The third kappa shape index (κ3) is 3.16. The molecular weight excluding hydrogens is 238 g/mol. The number of anilines is 2. The van der Waals surface area contributed by atoms with Gasteiger partial charge in [-0.3, -0.25) is 0 Å². The highest BCUT2D eigenvalue weighted by atomic mass is 16.5. The number of methoxy groups -OCH3 is 1. The Kier molecular flexibility index (Phi) is 3.90. The minimum atomic E-state index is 0.699. The largest absolute Gasteiger partial charge is 0.497 e. The van der Waals surface area contributed by atoms with Crippen molar-refractivity contribution in [2.24, 2.45) is 0 Å². The second-order valence-electron chi connectivity index (χ2n) is 4.63. The maximum atomic E-state index is 6.00. The molecule has 0 aliphatic rings. The number of hydrogen-bond acceptors (Lipinski definition) is 4. The van der Waals surface area contributed by atoms with E-state index in [1.807, 2.05) is 49.3 Å². The first kappa shape index (κ1) is 13.2. The van der Waals surface area contributed by atoms with E-state index in [2.05, 4.69) is 11.1 Å². The molecule has 0 fully saturated rings. The Morgan fingerprint density at radius 3 is 2.79 bits per heavy atom. The molecule has 0 amide bonds. The van der Waals surface area contributed by atoms with Crippen LogP contribution in [0, 0.1) is 6.92 Å². The molecule has 0 radical (unpaired) electrons. The molecule has 19 heavy (non-hydrogen) atoms. The van der Waals surface area contributed by atoms with Crippen LogP contribution in [0.1, 0.15) is 11.1 Å². The minimum Gasteiger partial charge on any atom is -0.497 e. The van der Waals surface area contributed by atoms with Gasteiger partial charge in [0.05, 0.1) is 12.8 Å². The SMILES string of the molecule is COc1cccc(CN(C)c2ncc(C)cc2N)c1. The van der Waals surface area contributed by atoms with Gasteiger partial charge in [-0.2, -0.15) is 0 Å². The van der Waals surface area contributed by atoms with E-state index >= 15 is 0 Å². The smallest absolute Gasteiger partial charge is 0.151 e. The summed E-state index contributed by atoms with van der Waals surface area (Å²) in [5, 5.41) is 0. The van der Waals surface area contributed by atoms with Gasteiger partial charge in [-0.1, -0.05) is 12.1 Å². The molecule has 2 rings (SSSR count). The summed E-state index contributed by atoms with van der Waals surface area (Å²) in [5.74, 6) is 1.66. The summed E-state index contributed by atoms with van der Waals surface area (Å²) in [6.45, 7) is 2.71. The third-order valence-corrected chi connectivity index (χ3v) is 2.95. The molecule has 0 aliphatic heterocycles. The molecule has 4 heteroatoms. The Morgan fingerprint density at radius 1 is 1.32 bits per heavy atom. The average Bonchev–Trinajstić information content (AvgIpc) is 2.38. The molecule has 0 saturated carbocycles. The molecule has 0 aliphatic carbocycles. The first-order valence-corrected chi connectivity index (χ1v) is 6.16. The fourth-order valence-electron chi connectivity index (χ4n) is 2.02. The van der Waals surface area contributed by atoms with E-state index in [4.69, 9.17) is 10.5 Å². The zero-order chi connectivity index (χ0) is 13.8. The number of aryl methyl sites for hydroxylation is 1. The van der Waals surface area contributed by atoms with Crippen molar-refractivity contribution in [2.45, 2.75) is 13.5 Å². The van der Waals surface area contributed by atoms with Gasteiger partial charge < -0.3 is 15.4 Å². The summed E-state index contributed by atoms with van der Waals surface area (Å²) in [6.07, 6.45) is 1.83. The van der Waals surface area contributed by atoms with E-state index in [0.717, 1.165) is 29.2 Å². The number of aromatic nitrogens is 1. The summed E-state index contributed by atoms with van der Waals surface area (Å²) in [6, 6.07) is 9.92. The molecule has 1 aromatic carbocycles. The topological polar surface area (TPSA) is 51.4 Å². The summed E-state index contributed by atoms with van der Waals surface area (Å²) >= 11 is 0. The lowest BCUT2D eigenvalue weighted by Crippen LogP contribution is -2.19. The quantitative estimate of drug-likeness (QED) is 0.914. The highest BCUT2D eigenvalue weighted by Crippen LogP contribution is 2.22. The van der Waals surface area contributed by atoms with Gasteiger partial charge in [0.25, 0.3) is 0 Å². The fourth-order valence-corrected chi connectivity index (χ4v) is 2.02. The zero-order valence-electron chi connectivity index (χ0n) is 11.6. The number of nitrogens with zero attached hydrogens (tertiary/aromatic N) is 2. The van der Waals surface area contributed by atoms with Gasteiger partial charge in [0, 0.05) is 19.8 Å². The number of hydrogen-bond donors (Lipinski definition) is 1. The van der Waals surface area contributed by atoms with Crippen molar-refractivity contribution in [1.82, 2.24) is 4.98 Å². The van der Waals surface area contributed by atoms with Gasteiger partial charge >= 0.3 is 0 Å². The van der Waals surface area contributed by atoms with Crippen LogP contribution in [-0.4, -0.2) is 19.1 Å². The number of benzene rings is 1. The van der Waals surface area contributed by atoms with Crippen LogP contribution in [0.25, 0.3) is 0 Å². The number of nitrogens with two attached hydrogens (primary N) is 1. The molecule has 2 N–H and O–H groups in total. The Morgan fingerprint density at radius 2 is 2.11 bits per heavy atom. The van der Waals surface area contributed by atoms with Crippen LogP contribution >= 0.6 is 0 Å². The normalized spacial score (nSPS) is 10.3. The van der Waals surface area contributed by atoms with Gasteiger partial charge in [0.2, 0.25) is 0 Å². The van der Waals surface area contributed by atoms with E-state index < -0.39 is 0 Å². The lowest BCUT2D eigenvalue weighted by atomic mass is 10.2. The third-order valence-electron chi connectivity index (χ3n) is 2.95. The Labute approximate surface area is 113 Å². The van der Waals surface area contributed by atoms with Crippen molar-refractivity contribution in [3.05, 3.63) is 47.7 Å². The van der Waals surface area contributed by atoms with Gasteiger partial charge in [0.15, 0.2) is 5.82 Å². The second kappa shape index (κ2) is 5.61. The van der Waals surface area contributed by atoms with Crippen LogP contribution in [0.4, 0.5) is 11.5 Å². The molecule has 0 atom stereocenters. The minimum absolute atomic E-state index is 0.699. The van der Waals surface area contributed by atoms with E-state index in [9.17, 15) is 0 Å². The molecule has 1 aromatic heterocycles. The molecule has 0 bridgehead atoms. The molecular formula is C15H19N3O. The zero-order valence-corrected chi connectivity index (χ0v) is 11.6. The highest BCUT2D eigenvalue weighted by Gasteiger charge is 2.08. The van der Waals surface area contributed by atoms with Crippen molar-refractivity contribution in [2.75, 3.05) is 24.8 Å². The number of ether oxygens (including phenoxy) is 1. The molecule has 0 spiro atoms. The first-order valence-electron chi connectivity index (χ1n) is 6.16. The number of pyridine rings is 1. The lowest BCUT2D eigenvalue weighted by molar-refractivity contribution is 0.414. The van der Waals surface area contributed by atoms with Crippen LogP contribution in [0.3, 0.4) is 0 Å². The predicted molar refractivity (Wildman–Crippen MR) is 78.5 cm³/mol. The van der Waals surface area contributed by atoms with Crippen LogP contribution in [0.5, 0.6) is 5.75 Å². The Bertz CT molecular complexity index is 569. The lowest BCUT2D eigenvalue weighted by Gasteiger charge is -2.20. The van der Waals surface area contributed by atoms with Crippen LogP contribution in [0.15, 0.2) is 36.5 Å². The molecule has 2 aromatic rings. The summed E-state index contributed by atoms with van der Waals surface area (Å²) in [7, 11) is 3.65. The molecule has 100 valence electrons. The van der Waals surface area contributed by atoms with E-state index in [0.29, 0.717) is 5.69 Å². The van der Waals surface area contributed by atoms with Crippen molar-refractivity contribution >= 4 is 11.5 Å². The molecule has 0 unspecified atom stereocenters. The average molecular weight is 257 g/mol. The highest BCUT2D eigenvalue weighted by molar-refractivity contribution is 5.63. The second-order valence-corrected chi connectivity index (χ2v) is 4.63. The van der Waals surface area contributed by atoms with Gasteiger partial charge in [-0.25, -0.2) is 4.98 Å². The van der Waals surface area contributed by atoms with E-state index in [1.54, 1.807) is 7.11 Å². The summed E-state index contributed by atoms with van der Waals surface area (Å²) in [4.78, 5) is 6.42. The van der Waals surface area contributed by atoms with E-state index in [1.165, 1.54) is 0 Å². The molecule has 4 nitrogen and oxygen atoms in total. The molecule has 1 heterocycles. The Hall–Kier alpha value is -2.23. The van der Waals surface area contributed by atoms with Gasteiger partial charge in [-0.15, -0.1) is 0 Å². The van der Waals surface area contributed by atoms with Crippen molar-refractivity contribution in [3.8, 4) is 5.75 Å². The monoisotopic (exact) mass is 257 g/mol. The first-order chi connectivity index (χ1) is 9.10. The van der Waals surface area contributed by atoms with E-state index in [-0.39, 0.29) is 0 Å². The number of nitrogen functional groups attached to an aromatic ring is 1. The van der Waals surface area contributed by atoms with Crippen LogP contribution in [-0.2, 0) is 6.54 Å². The fraction of sp³-hybridized carbons (Fsp3) is 0.267. The van der Waals surface area contributed by atoms with Gasteiger partial charge in [0.1, 0.15) is 5.75 Å². The van der Waals surface area contributed by atoms with Crippen molar-refractivity contribution < 1.29 is 4.74 Å². The van der Waals surface area contributed by atoms with Crippen LogP contribution < -0.4 is 15.4 Å². The summed E-state index contributed by atoms with van der Waals surface area (Å²) in [5.41, 5.74) is 8.92. The number of rotatable bonds is 4. The summed E-state index contributed by atoms with van der Waals surface area (Å²) < 4.78 is 5.22. The van der Waals surface area contributed by atoms with Gasteiger partial charge in [-0.05, 0) is 36.2 Å². The Balaban J connectivity index is 2.17. The standard InChI is InChI=1S/C15H19N3O/c1-11-7-14(16)15(17-9-11)18(2)10-12-5-4-6-13(8-12)19-3/h4-9H,10,16H2,1-3H3.